The summed E-state index contributed by atoms with van der Waals surface area (Å²) in [6.45, 7) is 0.294. The van der Waals surface area contributed by atoms with E-state index in [4.69, 9.17) is 9.47 Å². The molecule has 1 aromatic carbocycles. The molecule has 0 aliphatic carbocycles. The summed E-state index contributed by atoms with van der Waals surface area (Å²) in [5, 5.41) is 4.50. The number of amides is 2. The molecule has 0 aromatic heterocycles. The Labute approximate surface area is 143 Å². The van der Waals surface area contributed by atoms with Gasteiger partial charge in [-0.15, -0.1) is 0 Å². The average molecular weight is 362 g/mol. The van der Waals surface area contributed by atoms with Crippen molar-refractivity contribution in [2.24, 2.45) is 0 Å². The predicted molar refractivity (Wildman–Crippen MR) is 84.8 cm³/mol. The third kappa shape index (κ3) is 6.52. The number of rotatable bonds is 9. The van der Waals surface area contributed by atoms with E-state index < -0.39 is 12.1 Å². The number of benzene rings is 1. The van der Waals surface area contributed by atoms with Crippen molar-refractivity contribution in [3.05, 3.63) is 23.8 Å². The summed E-state index contributed by atoms with van der Waals surface area (Å²) < 4.78 is 46.2. The molecular formula is C16H21F3N2O4. The molecule has 0 bridgehead atoms. The number of carbonyl (C=O) groups is 2. The molecule has 0 aliphatic heterocycles. The Morgan fingerprint density at radius 3 is 2.20 bits per heavy atom. The number of halogens is 3. The minimum atomic E-state index is -4.86. The highest BCUT2D eigenvalue weighted by Gasteiger charge is 2.38. The molecule has 0 heterocycles. The number of methoxy groups -OCH3 is 2. The number of unbranched alkanes of at least 4 members (excludes halogenated alkanes) is 2. The summed E-state index contributed by atoms with van der Waals surface area (Å²) >= 11 is 0. The lowest BCUT2D eigenvalue weighted by molar-refractivity contribution is -0.173. The molecule has 140 valence electrons. The van der Waals surface area contributed by atoms with E-state index in [-0.39, 0.29) is 12.5 Å². The number of nitrogens with one attached hydrogen (secondary N) is 2. The zero-order chi connectivity index (χ0) is 18.9. The van der Waals surface area contributed by atoms with Crippen molar-refractivity contribution >= 4 is 11.8 Å². The summed E-state index contributed by atoms with van der Waals surface area (Å²) in [4.78, 5) is 22.7. The molecule has 0 fully saturated rings. The van der Waals surface area contributed by atoms with E-state index >= 15 is 0 Å². The van der Waals surface area contributed by atoms with Crippen molar-refractivity contribution < 1.29 is 32.2 Å². The summed E-state index contributed by atoms with van der Waals surface area (Å²) in [6, 6.07) is 4.94. The van der Waals surface area contributed by atoms with Crippen LogP contribution in [0.15, 0.2) is 18.2 Å². The van der Waals surface area contributed by atoms with Crippen molar-refractivity contribution in [1.82, 2.24) is 10.6 Å². The SMILES string of the molecule is COc1cccc(C(=O)NCCCCCNC(=O)C(F)(F)F)c1OC. The summed E-state index contributed by atoms with van der Waals surface area (Å²) in [6.07, 6.45) is -3.34. The van der Waals surface area contributed by atoms with Gasteiger partial charge in [-0.3, -0.25) is 9.59 Å². The fourth-order valence-corrected chi connectivity index (χ4v) is 2.09. The van der Waals surface area contributed by atoms with E-state index in [1.165, 1.54) is 14.2 Å². The Morgan fingerprint density at radius 2 is 1.64 bits per heavy atom. The molecule has 25 heavy (non-hydrogen) atoms. The molecule has 9 heteroatoms. The maximum atomic E-state index is 12.2. The minimum Gasteiger partial charge on any atom is -0.493 e. The van der Waals surface area contributed by atoms with Gasteiger partial charge >= 0.3 is 12.1 Å². The fourth-order valence-electron chi connectivity index (χ4n) is 2.09. The summed E-state index contributed by atoms with van der Waals surface area (Å²) in [5.41, 5.74) is 0.333. The second-order valence-corrected chi connectivity index (χ2v) is 5.11. The van der Waals surface area contributed by atoms with Crippen LogP contribution in [0.2, 0.25) is 0 Å². The van der Waals surface area contributed by atoms with E-state index in [1.54, 1.807) is 23.5 Å². The van der Waals surface area contributed by atoms with Gasteiger partial charge in [-0.25, -0.2) is 0 Å². The minimum absolute atomic E-state index is 0.0595. The first-order valence-corrected chi connectivity index (χ1v) is 7.65. The third-order valence-electron chi connectivity index (χ3n) is 3.33. The van der Waals surface area contributed by atoms with Crippen molar-refractivity contribution in [2.75, 3.05) is 27.3 Å². The Bertz CT molecular complexity index is 591. The first kappa shape index (κ1) is 20.6. The predicted octanol–water partition coefficient (Wildman–Crippen LogP) is 2.28. The zero-order valence-electron chi connectivity index (χ0n) is 14.0. The molecule has 0 unspecified atom stereocenters. The summed E-state index contributed by atoms with van der Waals surface area (Å²) in [7, 11) is 2.90. The molecule has 6 nitrogen and oxygen atoms in total. The lowest BCUT2D eigenvalue weighted by Gasteiger charge is -2.12. The van der Waals surface area contributed by atoms with Crippen molar-refractivity contribution in [1.29, 1.82) is 0 Å². The Balaban J connectivity index is 2.31. The number of para-hydroxylation sites is 1. The molecule has 0 radical (unpaired) electrons. The third-order valence-corrected chi connectivity index (χ3v) is 3.33. The Morgan fingerprint density at radius 1 is 1.00 bits per heavy atom. The lowest BCUT2D eigenvalue weighted by atomic mass is 10.1. The maximum Gasteiger partial charge on any atom is 0.471 e. The molecule has 1 aromatic rings. The van der Waals surface area contributed by atoms with Gasteiger partial charge in [0.05, 0.1) is 19.8 Å². The van der Waals surface area contributed by atoms with Crippen LogP contribution in [0.4, 0.5) is 13.2 Å². The zero-order valence-corrected chi connectivity index (χ0v) is 14.0. The van der Waals surface area contributed by atoms with Crippen molar-refractivity contribution in [3.8, 4) is 11.5 Å². The van der Waals surface area contributed by atoms with Crippen molar-refractivity contribution in [2.45, 2.75) is 25.4 Å². The van der Waals surface area contributed by atoms with Gasteiger partial charge in [0.25, 0.3) is 5.91 Å². The number of alkyl halides is 3. The monoisotopic (exact) mass is 362 g/mol. The van der Waals surface area contributed by atoms with Gasteiger partial charge in [0.15, 0.2) is 11.5 Å². The Hall–Kier alpha value is -2.45. The topological polar surface area (TPSA) is 76.7 Å². The molecule has 0 saturated carbocycles. The molecule has 2 N–H and O–H groups in total. The lowest BCUT2D eigenvalue weighted by Crippen LogP contribution is -2.37. The van der Waals surface area contributed by atoms with E-state index in [9.17, 15) is 22.8 Å². The maximum absolute atomic E-state index is 12.2. The number of hydrogen-bond acceptors (Lipinski definition) is 4. The van der Waals surface area contributed by atoms with Crippen LogP contribution in [0, 0.1) is 0 Å². The fraction of sp³-hybridized carbons (Fsp3) is 0.500. The van der Waals surface area contributed by atoms with Crippen LogP contribution in [-0.2, 0) is 4.79 Å². The largest absolute Gasteiger partial charge is 0.493 e. The smallest absolute Gasteiger partial charge is 0.471 e. The molecular weight excluding hydrogens is 341 g/mol. The van der Waals surface area contributed by atoms with Crippen LogP contribution in [0.3, 0.4) is 0 Å². The highest BCUT2D eigenvalue weighted by atomic mass is 19.4. The van der Waals surface area contributed by atoms with Gasteiger partial charge in [-0.05, 0) is 31.4 Å². The van der Waals surface area contributed by atoms with Crippen LogP contribution >= 0.6 is 0 Å². The first-order valence-electron chi connectivity index (χ1n) is 7.65. The van der Waals surface area contributed by atoms with Gasteiger partial charge in [0.1, 0.15) is 0 Å². The van der Waals surface area contributed by atoms with Crippen LogP contribution in [0.1, 0.15) is 29.6 Å². The van der Waals surface area contributed by atoms with Gasteiger partial charge in [0, 0.05) is 13.1 Å². The number of ether oxygens (including phenoxy) is 2. The molecule has 0 aliphatic rings. The molecule has 0 spiro atoms. The van der Waals surface area contributed by atoms with Gasteiger partial charge < -0.3 is 20.1 Å². The van der Waals surface area contributed by atoms with Crippen LogP contribution in [0.5, 0.6) is 11.5 Å². The molecule has 2 amide bonds. The van der Waals surface area contributed by atoms with E-state index in [0.717, 1.165) is 0 Å². The average Bonchev–Trinajstić information content (AvgIpc) is 2.58. The van der Waals surface area contributed by atoms with Crippen LogP contribution in [0.25, 0.3) is 0 Å². The van der Waals surface area contributed by atoms with Crippen molar-refractivity contribution in [3.63, 3.8) is 0 Å². The second-order valence-electron chi connectivity index (χ2n) is 5.11. The molecule has 1 rings (SSSR count). The van der Waals surface area contributed by atoms with E-state index in [1.807, 2.05) is 0 Å². The Kier molecular flexibility index (Phi) is 8.03. The molecule has 0 atom stereocenters. The summed E-state index contributed by atoms with van der Waals surface area (Å²) in [5.74, 6) is -1.50. The highest BCUT2D eigenvalue weighted by molar-refractivity contribution is 5.97. The number of carbonyl (C=O) groups excluding carboxylic acids is 2. The van der Waals surface area contributed by atoms with Gasteiger partial charge in [0.2, 0.25) is 0 Å². The van der Waals surface area contributed by atoms with Crippen LogP contribution in [-0.4, -0.2) is 45.3 Å². The van der Waals surface area contributed by atoms with Gasteiger partial charge in [-0.2, -0.15) is 13.2 Å². The first-order chi connectivity index (χ1) is 11.8. The number of hydrogen-bond donors (Lipinski definition) is 2. The molecule has 0 saturated heterocycles. The van der Waals surface area contributed by atoms with Gasteiger partial charge in [-0.1, -0.05) is 6.07 Å². The second kappa shape index (κ2) is 9.75. The highest BCUT2D eigenvalue weighted by Crippen LogP contribution is 2.30. The normalized spacial score (nSPS) is 10.9. The van der Waals surface area contributed by atoms with E-state index in [2.05, 4.69) is 5.32 Å². The standard InChI is InChI=1S/C16H21F3N2O4/c1-24-12-8-6-7-11(13(12)25-2)14(22)20-9-4-3-5-10-21-15(23)16(17,18)19/h6-8H,3-5,9-10H2,1-2H3,(H,20,22)(H,21,23). The van der Waals surface area contributed by atoms with E-state index in [0.29, 0.717) is 42.9 Å². The van der Waals surface area contributed by atoms with Crippen LogP contribution < -0.4 is 20.1 Å². The quantitative estimate of drug-likeness (QED) is 0.661.